The van der Waals surface area contributed by atoms with E-state index in [1.165, 1.54) is 7.11 Å². The largest absolute Gasteiger partial charge is 0.465 e. The zero-order valence-corrected chi connectivity index (χ0v) is 8.96. The van der Waals surface area contributed by atoms with Crippen LogP contribution in [0.5, 0.6) is 0 Å². The highest BCUT2D eigenvalue weighted by Gasteiger charge is 2.05. The number of nitrogens with zero attached hydrogens (tertiary/aromatic N) is 2. The Morgan fingerprint density at radius 2 is 2.38 bits per heavy atom. The number of hydrogen-bond donors (Lipinski definition) is 0. The first-order valence-corrected chi connectivity index (χ1v) is 4.92. The summed E-state index contributed by atoms with van der Waals surface area (Å²) in [4.78, 5) is 15.3. The Kier molecular flexibility index (Phi) is 3.00. The van der Waals surface area contributed by atoms with E-state index in [4.69, 9.17) is 0 Å². The summed E-state index contributed by atoms with van der Waals surface area (Å²) in [6.45, 7) is 0.699. The first kappa shape index (κ1) is 10.4. The SMILES string of the molecule is COC(=O)c1cccc(Cn2ccnc2)c1. The van der Waals surface area contributed by atoms with E-state index in [0.29, 0.717) is 12.1 Å². The molecule has 0 spiro atoms. The van der Waals surface area contributed by atoms with Crippen molar-refractivity contribution in [3.8, 4) is 0 Å². The molecule has 0 radical (unpaired) electrons. The molecule has 1 aromatic heterocycles. The molecular formula is C12H12N2O2. The molecule has 0 bridgehead atoms. The van der Waals surface area contributed by atoms with E-state index in [1.807, 2.05) is 29.0 Å². The average molecular weight is 216 g/mol. The van der Waals surface area contributed by atoms with Crippen LogP contribution in [0.1, 0.15) is 15.9 Å². The third kappa shape index (κ3) is 2.28. The number of imidazole rings is 1. The van der Waals surface area contributed by atoms with Crippen LogP contribution in [0.15, 0.2) is 43.0 Å². The minimum absolute atomic E-state index is 0.313. The highest BCUT2D eigenvalue weighted by molar-refractivity contribution is 5.89. The lowest BCUT2D eigenvalue weighted by molar-refractivity contribution is 0.0600. The van der Waals surface area contributed by atoms with E-state index >= 15 is 0 Å². The van der Waals surface area contributed by atoms with Crippen molar-refractivity contribution in [2.45, 2.75) is 6.54 Å². The lowest BCUT2D eigenvalue weighted by atomic mass is 10.1. The van der Waals surface area contributed by atoms with Crippen LogP contribution in [0.3, 0.4) is 0 Å². The molecule has 4 heteroatoms. The molecule has 0 N–H and O–H groups in total. The number of carbonyl (C=O) groups is 1. The van der Waals surface area contributed by atoms with Crippen LogP contribution in [0.2, 0.25) is 0 Å². The summed E-state index contributed by atoms with van der Waals surface area (Å²) >= 11 is 0. The first-order valence-electron chi connectivity index (χ1n) is 4.92. The zero-order valence-electron chi connectivity index (χ0n) is 8.96. The normalized spacial score (nSPS) is 10.1. The monoisotopic (exact) mass is 216 g/mol. The van der Waals surface area contributed by atoms with Crippen LogP contribution < -0.4 is 0 Å². The Hall–Kier alpha value is -2.10. The molecule has 1 aromatic carbocycles. The molecule has 2 rings (SSSR count). The smallest absolute Gasteiger partial charge is 0.337 e. The van der Waals surface area contributed by atoms with Crippen molar-refractivity contribution < 1.29 is 9.53 Å². The van der Waals surface area contributed by atoms with Gasteiger partial charge in [-0.15, -0.1) is 0 Å². The Labute approximate surface area is 93.5 Å². The van der Waals surface area contributed by atoms with Crippen LogP contribution in [0.4, 0.5) is 0 Å². The standard InChI is InChI=1S/C12H12N2O2/c1-16-12(15)11-4-2-3-10(7-11)8-14-6-5-13-9-14/h2-7,9H,8H2,1H3. The van der Waals surface area contributed by atoms with Crippen molar-refractivity contribution in [1.29, 1.82) is 0 Å². The molecule has 0 saturated heterocycles. The van der Waals surface area contributed by atoms with Crippen molar-refractivity contribution >= 4 is 5.97 Å². The van der Waals surface area contributed by atoms with Gasteiger partial charge in [0.15, 0.2) is 0 Å². The van der Waals surface area contributed by atoms with Crippen LogP contribution >= 0.6 is 0 Å². The molecular weight excluding hydrogens is 204 g/mol. The maximum Gasteiger partial charge on any atom is 0.337 e. The fraction of sp³-hybridized carbons (Fsp3) is 0.167. The van der Waals surface area contributed by atoms with Gasteiger partial charge in [0.05, 0.1) is 19.0 Å². The second-order valence-corrected chi connectivity index (χ2v) is 3.43. The fourth-order valence-corrected chi connectivity index (χ4v) is 1.51. The minimum atomic E-state index is -0.313. The topological polar surface area (TPSA) is 44.1 Å². The summed E-state index contributed by atoms with van der Waals surface area (Å²) in [7, 11) is 1.38. The summed E-state index contributed by atoms with van der Waals surface area (Å²) < 4.78 is 6.61. The van der Waals surface area contributed by atoms with Crippen molar-refractivity contribution in [3.05, 3.63) is 54.1 Å². The Morgan fingerprint density at radius 3 is 3.06 bits per heavy atom. The fourth-order valence-electron chi connectivity index (χ4n) is 1.51. The second kappa shape index (κ2) is 4.61. The third-order valence-electron chi connectivity index (χ3n) is 2.27. The van der Waals surface area contributed by atoms with Crippen molar-refractivity contribution in [3.63, 3.8) is 0 Å². The lowest BCUT2D eigenvalue weighted by Crippen LogP contribution is -2.03. The van der Waals surface area contributed by atoms with Crippen molar-refractivity contribution in [1.82, 2.24) is 9.55 Å². The number of ether oxygens (including phenoxy) is 1. The quantitative estimate of drug-likeness (QED) is 0.734. The van der Waals surface area contributed by atoms with Crippen LogP contribution in [-0.2, 0) is 11.3 Å². The number of carbonyl (C=O) groups excluding carboxylic acids is 1. The number of aromatic nitrogens is 2. The van der Waals surface area contributed by atoms with E-state index < -0.39 is 0 Å². The molecule has 0 saturated carbocycles. The van der Waals surface area contributed by atoms with Gasteiger partial charge in [-0.3, -0.25) is 0 Å². The van der Waals surface area contributed by atoms with Gasteiger partial charge in [-0.2, -0.15) is 0 Å². The van der Waals surface area contributed by atoms with Gasteiger partial charge in [0, 0.05) is 18.9 Å². The van der Waals surface area contributed by atoms with Gasteiger partial charge in [-0.25, -0.2) is 9.78 Å². The predicted octanol–water partition coefficient (Wildman–Crippen LogP) is 1.72. The van der Waals surface area contributed by atoms with Crippen molar-refractivity contribution in [2.24, 2.45) is 0 Å². The number of hydrogen-bond acceptors (Lipinski definition) is 3. The molecule has 1 heterocycles. The molecule has 0 fully saturated rings. The summed E-state index contributed by atoms with van der Waals surface area (Å²) in [6.07, 6.45) is 5.35. The van der Waals surface area contributed by atoms with E-state index in [2.05, 4.69) is 9.72 Å². The van der Waals surface area contributed by atoms with Crippen LogP contribution in [-0.4, -0.2) is 22.6 Å². The average Bonchev–Trinajstić information content (AvgIpc) is 2.81. The van der Waals surface area contributed by atoms with Gasteiger partial charge in [0.25, 0.3) is 0 Å². The molecule has 0 aliphatic rings. The molecule has 2 aromatic rings. The van der Waals surface area contributed by atoms with Gasteiger partial charge in [-0.1, -0.05) is 12.1 Å². The second-order valence-electron chi connectivity index (χ2n) is 3.43. The molecule has 0 amide bonds. The molecule has 4 nitrogen and oxygen atoms in total. The zero-order chi connectivity index (χ0) is 11.4. The summed E-state index contributed by atoms with van der Waals surface area (Å²) in [5, 5.41) is 0. The van der Waals surface area contributed by atoms with Gasteiger partial charge >= 0.3 is 5.97 Å². The molecule has 82 valence electrons. The highest BCUT2D eigenvalue weighted by Crippen LogP contribution is 2.08. The molecule has 0 aliphatic carbocycles. The molecule has 0 atom stereocenters. The lowest BCUT2D eigenvalue weighted by Gasteiger charge is -2.04. The van der Waals surface area contributed by atoms with Crippen LogP contribution in [0, 0.1) is 0 Å². The third-order valence-corrected chi connectivity index (χ3v) is 2.27. The Bertz CT molecular complexity index is 478. The number of esters is 1. The maximum absolute atomic E-state index is 11.3. The van der Waals surface area contributed by atoms with E-state index in [-0.39, 0.29) is 5.97 Å². The van der Waals surface area contributed by atoms with Gasteiger partial charge in [0.1, 0.15) is 0 Å². The summed E-state index contributed by atoms with van der Waals surface area (Å²) in [5.41, 5.74) is 1.61. The van der Waals surface area contributed by atoms with E-state index in [1.54, 1.807) is 18.6 Å². The van der Waals surface area contributed by atoms with Gasteiger partial charge in [-0.05, 0) is 17.7 Å². The van der Waals surface area contributed by atoms with E-state index in [9.17, 15) is 4.79 Å². The number of methoxy groups -OCH3 is 1. The first-order chi connectivity index (χ1) is 7.79. The molecule has 0 unspecified atom stereocenters. The molecule has 16 heavy (non-hydrogen) atoms. The minimum Gasteiger partial charge on any atom is -0.465 e. The Morgan fingerprint density at radius 1 is 1.50 bits per heavy atom. The summed E-state index contributed by atoms with van der Waals surface area (Å²) in [6, 6.07) is 7.38. The number of benzene rings is 1. The maximum atomic E-state index is 11.3. The predicted molar refractivity (Wildman–Crippen MR) is 59.1 cm³/mol. The number of rotatable bonds is 3. The Balaban J connectivity index is 2.19. The summed E-state index contributed by atoms with van der Waals surface area (Å²) in [5.74, 6) is -0.313. The van der Waals surface area contributed by atoms with Crippen LogP contribution in [0.25, 0.3) is 0 Å². The molecule has 0 aliphatic heterocycles. The van der Waals surface area contributed by atoms with Gasteiger partial charge in [0.2, 0.25) is 0 Å². The van der Waals surface area contributed by atoms with E-state index in [0.717, 1.165) is 5.56 Å². The van der Waals surface area contributed by atoms with Gasteiger partial charge < -0.3 is 9.30 Å². The van der Waals surface area contributed by atoms with Crippen molar-refractivity contribution in [2.75, 3.05) is 7.11 Å². The highest BCUT2D eigenvalue weighted by atomic mass is 16.5.